The molecule has 2 aromatic carbocycles. The summed E-state index contributed by atoms with van der Waals surface area (Å²) in [4.78, 5) is 22.2. The van der Waals surface area contributed by atoms with Gasteiger partial charge in [-0.15, -0.1) is 0 Å². The Morgan fingerprint density at radius 1 is 1.23 bits per heavy atom. The average molecular weight is 405 g/mol. The van der Waals surface area contributed by atoms with E-state index in [-0.39, 0.29) is 27.0 Å². The van der Waals surface area contributed by atoms with Crippen molar-refractivity contribution in [3.63, 3.8) is 0 Å². The van der Waals surface area contributed by atoms with Crippen LogP contribution in [0.5, 0.6) is 5.75 Å². The lowest BCUT2D eigenvalue weighted by atomic mass is 10.2. The van der Waals surface area contributed by atoms with E-state index >= 15 is 0 Å². The standard InChI is InChI=1S/C14H8BrCl2NO4/c1-7-4-8(15)5-12(17)13(7)22-14(19)10-3-2-9(18(20)21)6-11(10)16/h2-6H,1H3. The minimum Gasteiger partial charge on any atom is -0.421 e. The number of non-ortho nitro benzene ring substituents is 1. The third-order valence-electron chi connectivity index (χ3n) is 2.77. The molecule has 0 radical (unpaired) electrons. The zero-order valence-electron chi connectivity index (χ0n) is 11.1. The van der Waals surface area contributed by atoms with Gasteiger partial charge in [-0.2, -0.15) is 0 Å². The second-order valence-corrected chi connectivity index (χ2v) is 6.07. The van der Waals surface area contributed by atoms with Crippen molar-refractivity contribution in [3.05, 3.63) is 66.1 Å². The molecule has 0 saturated carbocycles. The van der Waals surface area contributed by atoms with Crippen molar-refractivity contribution < 1.29 is 14.5 Å². The predicted octanol–water partition coefficient (Wildman–Crippen LogP) is 5.19. The maximum Gasteiger partial charge on any atom is 0.345 e. The molecule has 2 aromatic rings. The molecule has 0 unspecified atom stereocenters. The molecule has 5 nitrogen and oxygen atoms in total. The molecule has 0 spiro atoms. The molecule has 0 saturated heterocycles. The number of carbonyl (C=O) groups is 1. The predicted molar refractivity (Wildman–Crippen MR) is 87.0 cm³/mol. The Bertz CT molecular complexity index is 756. The summed E-state index contributed by atoms with van der Waals surface area (Å²) in [6.07, 6.45) is 0. The second-order valence-electron chi connectivity index (χ2n) is 4.34. The van der Waals surface area contributed by atoms with E-state index in [2.05, 4.69) is 15.9 Å². The molecule has 0 bridgehead atoms. The Labute approximate surface area is 144 Å². The van der Waals surface area contributed by atoms with E-state index in [1.807, 2.05) is 0 Å². The van der Waals surface area contributed by atoms with Gasteiger partial charge < -0.3 is 4.74 Å². The van der Waals surface area contributed by atoms with Crippen molar-refractivity contribution in [2.24, 2.45) is 0 Å². The van der Waals surface area contributed by atoms with Gasteiger partial charge in [0.25, 0.3) is 5.69 Å². The molecule has 2 rings (SSSR count). The maximum atomic E-state index is 12.2. The fourth-order valence-corrected chi connectivity index (χ4v) is 3.01. The molecule has 0 atom stereocenters. The molecule has 8 heteroatoms. The number of halogens is 3. The SMILES string of the molecule is Cc1cc(Br)cc(Cl)c1OC(=O)c1ccc([N+](=O)[O-])cc1Cl. The number of nitro benzene ring substituents is 1. The van der Waals surface area contributed by atoms with Gasteiger partial charge >= 0.3 is 5.97 Å². The molecule has 0 aliphatic heterocycles. The van der Waals surface area contributed by atoms with Crippen LogP contribution in [0.1, 0.15) is 15.9 Å². The van der Waals surface area contributed by atoms with Gasteiger partial charge in [-0.25, -0.2) is 4.79 Å². The van der Waals surface area contributed by atoms with Crippen molar-refractivity contribution in [3.8, 4) is 5.75 Å². The lowest BCUT2D eigenvalue weighted by Crippen LogP contribution is -2.10. The van der Waals surface area contributed by atoms with E-state index < -0.39 is 10.9 Å². The molecule has 114 valence electrons. The second kappa shape index (κ2) is 6.64. The molecular formula is C14H8BrCl2NO4. The highest BCUT2D eigenvalue weighted by Crippen LogP contribution is 2.33. The van der Waals surface area contributed by atoms with Crippen LogP contribution in [0.3, 0.4) is 0 Å². The minimum atomic E-state index is -0.743. The van der Waals surface area contributed by atoms with Crippen LogP contribution >= 0.6 is 39.1 Å². The summed E-state index contributed by atoms with van der Waals surface area (Å²) in [5.74, 6) is -0.531. The highest BCUT2D eigenvalue weighted by atomic mass is 79.9. The number of hydrogen-bond acceptors (Lipinski definition) is 4. The quantitative estimate of drug-likeness (QED) is 0.305. The maximum absolute atomic E-state index is 12.2. The summed E-state index contributed by atoms with van der Waals surface area (Å²) < 4.78 is 6.01. The molecule has 0 fully saturated rings. The smallest absolute Gasteiger partial charge is 0.345 e. The van der Waals surface area contributed by atoms with E-state index in [9.17, 15) is 14.9 Å². The third-order valence-corrected chi connectivity index (χ3v) is 3.82. The first-order chi connectivity index (χ1) is 10.3. The molecule has 0 aromatic heterocycles. The fraction of sp³-hybridized carbons (Fsp3) is 0.0714. The van der Waals surface area contributed by atoms with Gasteiger partial charge in [-0.05, 0) is 30.7 Å². The number of rotatable bonds is 3. The number of aryl methyl sites for hydroxylation is 1. The summed E-state index contributed by atoms with van der Waals surface area (Å²) in [6, 6.07) is 6.85. The van der Waals surface area contributed by atoms with Crippen LogP contribution in [0.4, 0.5) is 5.69 Å². The molecule has 0 aliphatic rings. The molecule has 0 heterocycles. The van der Waals surface area contributed by atoms with Gasteiger partial charge in [0.2, 0.25) is 0 Å². The van der Waals surface area contributed by atoms with Gasteiger partial charge in [0.1, 0.15) is 0 Å². The number of carbonyl (C=O) groups excluding carboxylic acids is 1. The minimum absolute atomic E-state index is 0.0191. The van der Waals surface area contributed by atoms with Crippen LogP contribution in [0, 0.1) is 17.0 Å². The topological polar surface area (TPSA) is 69.4 Å². The number of ether oxygens (including phenoxy) is 1. The first kappa shape index (κ1) is 16.7. The average Bonchev–Trinajstić information content (AvgIpc) is 2.42. The van der Waals surface area contributed by atoms with E-state index in [4.69, 9.17) is 27.9 Å². The van der Waals surface area contributed by atoms with Crippen molar-refractivity contribution >= 4 is 50.8 Å². The number of nitro groups is 1. The summed E-state index contributed by atoms with van der Waals surface area (Å²) in [7, 11) is 0. The number of nitrogens with zero attached hydrogens (tertiary/aromatic N) is 1. The molecular weight excluding hydrogens is 397 g/mol. The van der Waals surface area contributed by atoms with Crippen LogP contribution in [0.2, 0.25) is 10.0 Å². The van der Waals surface area contributed by atoms with Crippen LogP contribution < -0.4 is 4.74 Å². The van der Waals surface area contributed by atoms with Crippen molar-refractivity contribution in [1.29, 1.82) is 0 Å². The van der Waals surface area contributed by atoms with Crippen molar-refractivity contribution in [1.82, 2.24) is 0 Å². The van der Waals surface area contributed by atoms with E-state index in [1.165, 1.54) is 12.1 Å². The summed E-state index contributed by atoms with van der Waals surface area (Å²) >= 11 is 15.2. The van der Waals surface area contributed by atoms with E-state index in [0.29, 0.717) is 5.56 Å². The van der Waals surface area contributed by atoms with Crippen LogP contribution in [-0.2, 0) is 0 Å². The zero-order valence-corrected chi connectivity index (χ0v) is 14.2. The molecule has 0 aliphatic carbocycles. The highest BCUT2D eigenvalue weighted by molar-refractivity contribution is 9.10. The first-order valence-electron chi connectivity index (χ1n) is 5.91. The summed E-state index contributed by atoms with van der Waals surface area (Å²) in [5, 5.41) is 10.9. The molecule has 0 amide bonds. The normalized spacial score (nSPS) is 10.4. The van der Waals surface area contributed by atoms with Gasteiger partial charge in [0.15, 0.2) is 5.75 Å². The first-order valence-corrected chi connectivity index (χ1v) is 7.46. The number of hydrogen-bond donors (Lipinski definition) is 0. The molecule has 0 N–H and O–H groups in total. The van der Waals surface area contributed by atoms with Crippen molar-refractivity contribution in [2.75, 3.05) is 0 Å². The number of esters is 1. The largest absolute Gasteiger partial charge is 0.421 e. The Kier molecular flexibility index (Phi) is 5.05. The lowest BCUT2D eigenvalue weighted by molar-refractivity contribution is -0.384. The van der Waals surface area contributed by atoms with Crippen molar-refractivity contribution in [2.45, 2.75) is 6.92 Å². The van der Waals surface area contributed by atoms with Gasteiger partial charge in [-0.1, -0.05) is 39.1 Å². The highest BCUT2D eigenvalue weighted by Gasteiger charge is 2.19. The molecule has 22 heavy (non-hydrogen) atoms. The summed E-state index contributed by atoms with van der Waals surface area (Å²) in [6.45, 7) is 1.73. The third kappa shape index (κ3) is 3.58. The zero-order chi connectivity index (χ0) is 16.4. The van der Waals surface area contributed by atoms with Crippen LogP contribution in [-0.4, -0.2) is 10.9 Å². The fourth-order valence-electron chi connectivity index (χ4n) is 1.75. The lowest BCUT2D eigenvalue weighted by Gasteiger charge is -2.10. The summed E-state index contributed by atoms with van der Waals surface area (Å²) in [5.41, 5.74) is 0.468. The number of benzene rings is 2. The Balaban J connectivity index is 2.32. The Morgan fingerprint density at radius 3 is 2.45 bits per heavy atom. The Hall–Kier alpha value is -1.63. The van der Waals surface area contributed by atoms with E-state index in [1.54, 1.807) is 19.1 Å². The monoisotopic (exact) mass is 403 g/mol. The van der Waals surface area contributed by atoms with Gasteiger partial charge in [0, 0.05) is 16.6 Å². The van der Waals surface area contributed by atoms with Gasteiger partial charge in [0.05, 0.1) is 20.5 Å². The van der Waals surface area contributed by atoms with Gasteiger partial charge in [-0.3, -0.25) is 10.1 Å². The van der Waals surface area contributed by atoms with E-state index in [0.717, 1.165) is 10.5 Å². The Morgan fingerprint density at radius 2 is 1.91 bits per heavy atom. The van der Waals surface area contributed by atoms with Crippen LogP contribution in [0.15, 0.2) is 34.8 Å². The van der Waals surface area contributed by atoms with Crippen LogP contribution in [0.25, 0.3) is 0 Å².